The van der Waals surface area contributed by atoms with Crippen LogP contribution >= 0.6 is 11.8 Å². The van der Waals surface area contributed by atoms with E-state index in [0.717, 1.165) is 5.56 Å². The summed E-state index contributed by atoms with van der Waals surface area (Å²) in [6, 6.07) is 12.8. The number of carbonyl (C=O) groups is 2. The molecule has 0 N–H and O–H groups in total. The topological polar surface area (TPSA) is 68.2 Å². The largest absolute Gasteiger partial charge is 0.482 e. The zero-order valence-corrected chi connectivity index (χ0v) is 16.7. The van der Waals surface area contributed by atoms with E-state index in [0.29, 0.717) is 28.1 Å². The molecule has 29 heavy (non-hydrogen) atoms. The molecule has 3 rings (SSSR count). The molecule has 0 atom stereocenters. The molecule has 1 amide bonds. The highest BCUT2D eigenvalue weighted by Crippen LogP contribution is 2.33. The number of amidine groups is 1. The normalized spacial score (nSPS) is 16.5. The summed E-state index contributed by atoms with van der Waals surface area (Å²) < 4.78 is 23.2. The minimum absolute atomic E-state index is 0.156. The van der Waals surface area contributed by atoms with Crippen molar-refractivity contribution in [2.75, 3.05) is 20.3 Å². The van der Waals surface area contributed by atoms with Crippen LogP contribution in [0.4, 0.5) is 10.1 Å². The Hall–Kier alpha value is -3.13. The zero-order valence-electron chi connectivity index (χ0n) is 15.9. The number of esters is 1. The van der Waals surface area contributed by atoms with Crippen LogP contribution in [0.5, 0.6) is 5.75 Å². The van der Waals surface area contributed by atoms with E-state index in [2.05, 4.69) is 4.99 Å². The number of hydrogen-bond acceptors (Lipinski definition) is 6. The third-order valence-corrected chi connectivity index (χ3v) is 4.95. The van der Waals surface area contributed by atoms with Gasteiger partial charge in [-0.15, -0.1) is 0 Å². The summed E-state index contributed by atoms with van der Waals surface area (Å²) in [4.78, 5) is 30.2. The maximum Gasteiger partial charge on any atom is 0.344 e. The first kappa shape index (κ1) is 20.6. The summed E-state index contributed by atoms with van der Waals surface area (Å²) in [6.07, 6.45) is 1.76. The third-order valence-electron chi connectivity index (χ3n) is 3.89. The van der Waals surface area contributed by atoms with Crippen molar-refractivity contribution < 1.29 is 23.5 Å². The molecule has 150 valence electrons. The Balaban J connectivity index is 1.69. The van der Waals surface area contributed by atoms with Gasteiger partial charge in [0.1, 0.15) is 11.6 Å². The Morgan fingerprint density at radius 3 is 2.52 bits per heavy atom. The lowest BCUT2D eigenvalue weighted by Crippen LogP contribution is -2.23. The van der Waals surface area contributed by atoms with E-state index < -0.39 is 5.97 Å². The molecule has 1 aliphatic heterocycles. The van der Waals surface area contributed by atoms with Crippen LogP contribution in [0.15, 0.2) is 58.4 Å². The molecule has 0 spiro atoms. The molecule has 2 aromatic rings. The van der Waals surface area contributed by atoms with Crippen molar-refractivity contribution in [2.24, 2.45) is 4.99 Å². The van der Waals surface area contributed by atoms with E-state index in [1.165, 1.54) is 28.8 Å². The van der Waals surface area contributed by atoms with Crippen molar-refractivity contribution >= 4 is 40.6 Å². The Morgan fingerprint density at radius 1 is 1.17 bits per heavy atom. The van der Waals surface area contributed by atoms with Gasteiger partial charge in [0.15, 0.2) is 11.8 Å². The van der Waals surface area contributed by atoms with E-state index >= 15 is 0 Å². The number of carbonyl (C=O) groups excluding carboxylic acids is 2. The monoisotopic (exact) mass is 414 g/mol. The fraction of sp³-hybridized carbons (Fsp3) is 0.190. The molecule has 1 fully saturated rings. The molecule has 6 nitrogen and oxygen atoms in total. The Bertz CT molecular complexity index is 956. The zero-order chi connectivity index (χ0) is 20.8. The van der Waals surface area contributed by atoms with Gasteiger partial charge in [-0.25, -0.2) is 14.2 Å². The second-order valence-corrected chi connectivity index (χ2v) is 7.02. The number of thioether (sulfide) groups is 1. The average Bonchev–Trinajstić information content (AvgIpc) is 2.97. The van der Waals surface area contributed by atoms with Gasteiger partial charge in [-0.05, 0) is 66.7 Å². The molecule has 1 aliphatic rings. The van der Waals surface area contributed by atoms with Crippen molar-refractivity contribution in [3.63, 3.8) is 0 Å². The van der Waals surface area contributed by atoms with Crippen LogP contribution in [0.25, 0.3) is 6.08 Å². The van der Waals surface area contributed by atoms with Crippen molar-refractivity contribution in [1.29, 1.82) is 0 Å². The van der Waals surface area contributed by atoms with Gasteiger partial charge >= 0.3 is 5.97 Å². The molecule has 1 saturated heterocycles. The lowest BCUT2D eigenvalue weighted by atomic mass is 10.2. The summed E-state index contributed by atoms with van der Waals surface area (Å²) in [7, 11) is 1.64. The summed E-state index contributed by atoms with van der Waals surface area (Å²) in [5.74, 6) is -0.407. The van der Waals surface area contributed by atoms with Crippen LogP contribution in [-0.2, 0) is 14.3 Å². The number of benzene rings is 2. The van der Waals surface area contributed by atoms with Crippen LogP contribution in [0, 0.1) is 5.82 Å². The average molecular weight is 414 g/mol. The van der Waals surface area contributed by atoms with Gasteiger partial charge in [-0.2, -0.15) is 0 Å². The Morgan fingerprint density at radius 2 is 1.86 bits per heavy atom. The summed E-state index contributed by atoms with van der Waals surface area (Å²) >= 11 is 1.25. The van der Waals surface area contributed by atoms with Crippen LogP contribution < -0.4 is 4.74 Å². The van der Waals surface area contributed by atoms with Gasteiger partial charge in [0.2, 0.25) is 0 Å². The van der Waals surface area contributed by atoms with Crippen LogP contribution in [-0.4, -0.2) is 42.2 Å². The Labute approximate surface area is 172 Å². The van der Waals surface area contributed by atoms with Crippen molar-refractivity contribution in [1.82, 2.24) is 4.90 Å². The number of likely N-dealkylation sites (N-methyl/N-ethyl adjacent to an activating group) is 1. The number of halogens is 1. The molecule has 0 aliphatic carbocycles. The molecule has 8 heteroatoms. The fourth-order valence-electron chi connectivity index (χ4n) is 2.43. The molecule has 1 heterocycles. The predicted molar refractivity (Wildman–Crippen MR) is 110 cm³/mol. The number of ether oxygens (including phenoxy) is 2. The predicted octanol–water partition coefficient (Wildman–Crippen LogP) is 4.00. The van der Waals surface area contributed by atoms with Gasteiger partial charge in [0, 0.05) is 7.05 Å². The second-order valence-electron chi connectivity index (χ2n) is 6.01. The van der Waals surface area contributed by atoms with E-state index in [1.807, 2.05) is 0 Å². The third kappa shape index (κ3) is 5.45. The maximum atomic E-state index is 13.0. The molecule has 0 aromatic heterocycles. The van der Waals surface area contributed by atoms with E-state index in [1.54, 1.807) is 56.4 Å². The number of aliphatic imine (C=N–C) groups is 1. The van der Waals surface area contributed by atoms with Crippen LogP contribution in [0.2, 0.25) is 0 Å². The molecule has 2 aromatic carbocycles. The van der Waals surface area contributed by atoms with Gasteiger partial charge in [0.05, 0.1) is 17.2 Å². The lowest BCUT2D eigenvalue weighted by Gasteiger charge is -2.07. The van der Waals surface area contributed by atoms with E-state index in [4.69, 9.17) is 9.47 Å². The summed E-state index contributed by atoms with van der Waals surface area (Å²) in [5, 5.41) is 0.516. The summed E-state index contributed by atoms with van der Waals surface area (Å²) in [6.45, 7) is 1.88. The van der Waals surface area contributed by atoms with Crippen molar-refractivity contribution in [3.8, 4) is 5.75 Å². The van der Waals surface area contributed by atoms with E-state index in [9.17, 15) is 14.0 Å². The standard InChI is InChI=1S/C21H19FN2O4S/c1-3-27-19(25)13-28-17-10-4-14(5-11-17)12-18-20(26)24(2)21(29-18)23-16-8-6-15(22)7-9-16/h4-12H,3,13H2,1-2H3/b18-12+,23-21?. The quantitative estimate of drug-likeness (QED) is 0.528. The van der Waals surface area contributed by atoms with Crippen molar-refractivity contribution in [3.05, 3.63) is 64.8 Å². The number of nitrogens with zero attached hydrogens (tertiary/aromatic N) is 2. The lowest BCUT2D eigenvalue weighted by molar-refractivity contribution is -0.145. The highest BCUT2D eigenvalue weighted by molar-refractivity contribution is 8.18. The molecular weight excluding hydrogens is 395 g/mol. The van der Waals surface area contributed by atoms with Gasteiger partial charge in [0.25, 0.3) is 5.91 Å². The number of rotatable bonds is 6. The highest BCUT2D eigenvalue weighted by Gasteiger charge is 2.30. The first-order valence-corrected chi connectivity index (χ1v) is 9.68. The first-order chi connectivity index (χ1) is 14.0. The first-order valence-electron chi connectivity index (χ1n) is 8.86. The van der Waals surface area contributed by atoms with Crippen molar-refractivity contribution in [2.45, 2.75) is 6.92 Å². The highest BCUT2D eigenvalue weighted by atomic mass is 32.2. The molecule has 0 unspecified atom stereocenters. The fourth-order valence-corrected chi connectivity index (χ4v) is 3.42. The van der Waals surface area contributed by atoms with Gasteiger partial charge in [-0.1, -0.05) is 12.1 Å². The van der Waals surface area contributed by atoms with Crippen LogP contribution in [0.3, 0.4) is 0 Å². The minimum Gasteiger partial charge on any atom is -0.482 e. The maximum absolute atomic E-state index is 13.0. The van der Waals surface area contributed by atoms with Gasteiger partial charge < -0.3 is 9.47 Å². The number of amides is 1. The molecule has 0 saturated carbocycles. The molecule has 0 radical (unpaired) electrons. The second kappa shape index (κ2) is 9.38. The smallest absolute Gasteiger partial charge is 0.344 e. The molecular formula is C21H19FN2O4S. The minimum atomic E-state index is -0.428. The van der Waals surface area contributed by atoms with E-state index in [-0.39, 0.29) is 18.3 Å². The molecule has 0 bridgehead atoms. The van der Waals surface area contributed by atoms with Crippen LogP contribution in [0.1, 0.15) is 12.5 Å². The number of hydrogen-bond donors (Lipinski definition) is 0. The SMILES string of the molecule is CCOC(=O)COc1ccc(/C=C2/SC(=Nc3ccc(F)cc3)N(C)C2=O)cc1. The Kier molecular flexibility index (Phi) is 6.66. The summed E-state index contributed by atoms with van der Waals surface area (Å²) in [5.41, 5.74) is 1.37. The van der Waals surface area contributed by atoms with Gasteiger partial charge in [-0.3, -0.25) is 9.69 Å².